The molecule has 6 atom stereocenters. The first-order chi connectivity index (χ1) is 23.5. The summed E-state index contributed by atoms with van der Waals surface area (Å²) in [6.45, 7) is 1.99. The number of hydrogen-bond acceptors (Lipinski definition) is 9. The number of halogens is 2. The average Bonchev–Trinajstić information content (AvgIpc) is 3.47. The number of phenolic OH excluding ortho intramolecular Hbond substituents is 1. The van der Waals surface area contributed by atoms with Crippen molar-refractivity contribution in [1.29, 1.82) is 0 Å². The van der Waals surface area contributed by atoms with Gasteiger partial charge in [-0.15, -0.1) is 0 Å². The van der Waals surface area contributed by atoms with Crippen LogP contribution in [-0.4, -0.2) is 58.5 Å². The Morgan fingerprint density at radius 1 is 1.00 bits per heavy atom. The number of ether oxygens (including phenoxy) is 2. The molecule has 5 amide bonds. The van der Waals surface area contributed by atoms with Crippen LogP contribution in [0.1, 0.15) is 36.8 Å². The van der Waals surface area contributed by atoms with E-state index >= 15 is 4.79 Å². The highest BCUT2D eigenvalue weighted by Gasteiger charge is 2.71. The number of likely N-dealkylation sites (tertiary alicyclic amines) is 1. The Hall–Kier alpha value is -5.23. The Morgan fingerprint density at radius 3 is 2.39 bits per heavy atom. The van der Waals surface area contributed by atoms with Crippen LogP contribution in [0.4, 0.5) is 14.9 Å². The van der Waals surface area contributed by atoms with E-state index in [-0.39, 0.29) is 42.2 Å². The molecule has 3 fully saturated rings. The number of hydrogen-bond donors (Lipinski definition) is 2. The number of carbonyl (C=O) groups excluding carboxylic acids is 5. The van der Waals surface area contributed by atoms with E-state index in [1.807, 2.05) is 0 Å². The summed E-state index contributed by atoms with van der Waals surface area (Å²) < 4.78 is 24.3. The van der Waals surface area contributed by atoms with E-state index in [0.717, 1.165) is 12.1 Å². The molecule has 0 unspecified atom stereocenters. The molecule has 2 heterocycles. The van der Waals surface area contributed by atoms with E-state index in [1.165, 1.54) is 24.3 Å². The van der Waals surface area contributed by atoms with E-state index in [2.05, 4.69) is 5.43 Å². The Balaban J connectivity index is 1.48. The molecular weight excluding hydrogens is 657 g/mol. The van der Waals surface area contributed by atoms with Crippen molar-refractivity contribution in [2.24, 2.45) is 23.7 Å². The molecule has 0 spiro atoms. The number of hydrazine groups is 1. The van der Waals surface area contributed by atoms with Crippen LogP contribution in [0.15, 0.2) is 78.4 Å². The number of rotatable bonds is 6. The molecule has 2 aliphatic heterocycles. The molecule has 0 radical (unpaired) electrons. The van der Waals surface area contributed by atoms with Crippen molar-refractivity contribution in [1.82, 2.24) is 9.91 Å². The Kier molecular flexibility index (Phi) is 7.93. The zero-order chi connectivity index (χ0) is 34.8. The van der Waals surface area contributed by atoms with Gasteiger partial charge in [0, 0.05) is 16.5 Å². The third-order valence-electron chi connectivity index (χ3n) is 10.3. The van der Waals surface area contributed by atoms with Crippen LogP contribution in [0.3, 0.4) is 0 Å². The van der Waals surface area contributed by atoms with Crippen molar-refractivity contribution in [3.8, 4) is 11.5 Å². The maximum Gasteiger partial charge on any atom is 0.423 e. The number of allylic oxidation sites excluding steroid dienone is 2. The standard InChI is InChI=1S/C36H31ClFN3O8/c1-3-49-27-6-4-5-24(30(27)42)29-22-15-16-23-28(33(45)40(31(23)43)35(47)48-2)25(22)17-26-32(44)41(39-21-13-11-20(38)12-14-21)34(46)36(26,29)18-7-9-19(37)10-8-18/h4-15,23,25-26,28-29,39,42H,3,16-17H2,1-2H3/t23-,25+,26-,28-,29+,36+/m0/s1. The van der Waals surface area contributed by atoms with Gasteiger partial charge >= 0.3 is 6.09 Å². The average molecular weight is 688 g/mol. The number of aromatic hydroxyl groups is 1. The van der Waals surface area contributed by atoms with Crippen molar-refractivity contribution in [3.63, 3.8) is 0 Å². The number of methoxy groups -OCH3 is 1. The van der Waals surface area contributed by atoms with Crippen molar-refractivity contribution in [2.75, 3.05) is 19.1 Å². The SMILES string of the molecule is CCOc1cccc([C@H]2C3=CC[C@@H]4C(=O)N(C(=O)OC)C(=O)[C@@H]4[C@@H]3C[C@H]3C(=O)N(Nc4ccc(F)cc4)C(=O)[C@@]23c2ccc(Cl)cc2)c1O. The van der Waals surface area contributed by atoms with Gasteiger partial charge in [-0.1, -0.05) is 47.5 Å². The summed E-state index contributed by atoms with van der Waals surface area (Å²) >= 11 is 6.31. The minimum Gasteiger partial charge on any atom is -0.504 e. The van der Waals surface area contributed by atoms with Gasteiger partial charge in [0.15, 0.2) is 11.5 Å². The van der Waals surface area contributed by atoms with Gasteiger partial charge in [-0.05, 0) is 73.7 Å². The Labute approximate surface area is 285 Å². The summed E-state index contributed by atoms with van der Waals surface area (Å²) in [6, 6.07) is 16.6. The van der Waals surface area contributed by atoms with Gasteiger partial charge in [0.25, 0.3) is 11.8 Å². The highest BCUT2D eigenvalue weighted by atomic mass is 35.5. The molecule has 0 bridgehead atoms. The lowest BCUT2D eigenvalue weighted by molar-refractivity contribution is -0.140. The number of amides is 5. The summed E-state index contributed by atoms with van der Waals surface area (Å²) in [7, 11) is 1.07. The fourth-order valence-electron chi connectivity index (χ4n) is 8.32. The first-order valence-electron chi connectivity index (χ1n) is 15.8. The minimum atomic E-state index is -1.69. The number of imide groups is 4. The zero-order valence-corrected chi connectivity index (χ0v) is 27.1. The quantitative estimate of drug-likeness (QED) is 0.260. The number of nitrogens with zero attached hydrogens (tertiary/aromatic N) is 2. The van der Waals surface area contributed by atoms with Gasteiger partial charge in [-0.2, -0.15) is 9.91 Å². The smallest absolute Gasteiger partial charge is 0.423 e. The summed E-state index contributed by atoms with van der Waals surface area (Å²) in [5, 5.41) is 13.1. The van der Waals surface area contributed by atoms with Crippen molar-refractivity contribution in [2.45, 2.75) is 31.1 Å². The topological polar surface area (TPSA) is 143 Å². The molecule has 11 nitrogen and oxygen atoms in total. The highest BCUT2D eigenvalue weighted by molar-refractivity contribution is 6.30. The third-order valence-corrected chi connectivity index (χ3v) is 10.5. The van der Waals surface area contributed by atoms with E-state index in [9.17, 15) is 28.7 Å². The van der Waals surface area contributed by atoms with Crippen molar-refractivity contribution in [3.05, 3.63) is 100 Å². The fourth-order valence-corrected chi connectivity index (χ4v) is 8.44. The van der Waals surface area contributed by atoms with Gasteiger partial charge in [0.2, 0.25) is 11.8 Å². The number of para-hydroxylation sites is 1. The zero-order valence-electron chi connectivity index (χ0n) is 26.4. The fraction of sp³-hybridized carbons (Fsp3) is 0.306. The summed E-state index contributed by atoms with van der Waals surface area (Å²) in [6.07, 6.45) is 0.713. The predicted octanol–water partition coefficient (Wildman–Crippen LogP) is 5.33. The Morgan fingerprint density at radius 2 is 1.71 bits per heavy atom. The number of fused-ring (bicyclic) bond motifs is 4. The van der Waals surface area contributed by atoms with Crippen LogP contribution in [0.5, 0.6) is 11.5 Å². The minimum absolute atomic E-state index is 0.0434. The molecule has 2 saturated heterocycles. The highest BCUT2D eigenvalue weighted by Crippen LogP contribution is 2.65. The van der Waals surface area contributed by atoms with Crippen LogP contribution in [0.2, 0.25) is 5.02 Å². The summed E-state index contributed by atoms with van der Waals surface area (Å²) in [5.41, 5.74) is 2.71. The van der Waals surface area contributed by atoms with E-state index in [0.29, 0.717) is 21.1 Å². The number of benzene rings is 3. The number of carbonyl (C=O) groups is 5. The monoisotopic (exact) mass is 687 g/mol. The maximum atomic E-state index is 15.1. The normalized spacial score (nSPS) is 27.3. The molecule has 49 heavy (non-hydrogen) atoms. The largest absolute Gasteiger partial charge is 0.504 e. The third kappa shape index (κ3) is 4.72. The molecule has 7 rings (SSSR count). The summed E-state index contributed by atoms with van der Waals surface area (Å²) in [5.74, 6) is -8.22. The van der Waals surface area contributed by atoms with Gasteiger partial charge < -0.3 is 14.6 Å². The van der Waals surface area contributed by atoms with E-state index < -0.39 is 70.5 Å². The lowest BCUT2D eigenvalue weighted by Crippen LogP contribution is -2.53. The first kappa shape index (κ1) is 32.3. The molecule has 3 aromatic carbocycles. The van der Waals surface area contributed by atoms with Crippen LogP contribution < -0.4 is 10.2 Å². The lowest BCUT2D eigenvalue weighted by atomic mass is 9.49. The number of anilines is 1. The van der Waals surface area contributed by atoms with Gasteiger partial charge in [0.05, 0.1) is 42.6 Å². The molecule has 2 N–H and O–H groups in total. The maximum absolute atomic E-state index is 15.1. The second kappa shape index (κ2) is 12.0. The molecule has 3 aromatic rings. The van der Waals surface area contributed by atoms with Gasteiger partial charge in [0.1, 0.15) is 5.82 Å². The molecular formula is C36H31ClFN3O8. The summed E-state index contributed by atoms with van der Waals surface area (Å²) in [4.78, 5) is 70.2. The van der Waals surface area contributed by atoms with Crippen LogP contribution in [-0.2, 0) is 29.3 Å². The van der Waals surface area contributed by atoms with Crippen LogP contribution in [0, 0.1) is 29.5 Å². The number of phenols is 1. The van der Waals surface area contributed by atoms with Gasteiger partial charge in [-0.25, -0.2) is 9.18 Å². The molecule has 13 heteroatoms. The van der Waals surface area contributed by atoms with E-state index in [1.54, 1.807) is 55.5 Å². The molecule has 2 aliphatic carbocycles. The van der Waals surface area contributed by atoms with Crippen molar-refractivity contribution >= 4 is 47.0 Å². The van der Waals surface area contributed by atoms with Crippen LogP contribution >= 0.6 is 11.6 Å². The molecule has 0 aromatic heterocycles. The second-order valence-corrected chi connectivity index (χ2v) is 12.9. The van der Waals surface area contributed by atoms with Crippen molar-refractivity contribution < 1.29 is 42.9 Å². The molecule has 4 aliphatic rings. The predicted molar refractivity (Wildman–Crippen MR) is 173 cm³/mol. The lowest BCUT2D eigenvalue weighted by Gasteiger charge is -2.50. The molecule has 1 saturated carbocycles. The Bertz CT molecular complexity index is 1930. The van der Waals surface area contributed by atoms with Gasteiger partial charge in [-0.3, -0.25) is 24.6 Å². The van der Waals surface area contributed by atoms with E-state index in [4.69, 9.17) is 21.1 Å². The second-order valence-electron chi connectivity index (χ2n) is 12.5. The first-order valence-corrected chi connectivity index (χ1v) is 16.2. The molecule has 252 valence electrons. The van der Waals surface area contributed by atoms with Crippen LogP contribution in [0.25, 0.3) is 0 Å². The number of nitrogens with one attached hydrogen (secondary N) is 1.